The summed E-state index contributed by atoms with van der Waals surface area (Å²) in [6.45, 7) is 8.44. The van der Waals surface area contributed by atoms with Crippen molar-refractivity contribution in [3.8, 4) is 0 Å². The first-order chi connectivity index (χ1) is 7.56. The number of carbonyl (C=O) groups excluding carboxylic acids is 1. The van der Waals surface area contributed by atoms with E-state index in [0.717, 1.165) is 37.5 Å². The Morgan fingerprint density at radius 3 is 2.00 bits per heavy atom. The lowest BCUT2D eigenvalue weighted by Crippen LogP contribution is -1.81. The highest BCUT2D eigenvalue weighted by Gasteiger charge is 1.91. The maximum absolute atomic E-state index is 10.2. The number of allylic oxidation sites excluding steroid dienone is 6. The summed E-state index contributed by atoms with van der Waals surface area (Å²) in [5.41, 5.74) is 3.98. The van der Waals surface area contributed by atoms with Crippen molar-refractivity contribution in [2.24, 2.45) is 0 Å². The van der Waals surface area contributed by atoms with E-state index in [1.807, 2.05) is 6.92 Å². The minimum Gasteiger partial charge on any atom is -0.299 e. The van der Waals surface area contributed by atoms with Gasteiger partial charge in [0.15, 0.2) is 0 Å². The molecule has 1 nitrogen and oxygen atoms in total. The molecule has 0 spiro atoms. The fourth-order valence-electron chi connectivity index (χ4n) is 1.44. The van der Waals surface area contributed by atoms with Crippen LogP contribution in [-0.2, 0) is 4.79 Å². The SMILES string of the molecule is CC(C)=CCC/C(C)=C\CCC(C)=CC=O. The Labute approximate surface area is 99.9 Å². The van der Waals surface area contributed by atoms with E-state index >= 15 is 0 Å². The molecule has 0 aromatic carbocycles. The molecule has 0 aromatic heterocycles. The second-order valence-corrected chi connectivity index (χ2v) is 4.56. The Hall–Kier alpha value is -1.11. The van der Waals surface area contributed by atoms with E-state index in [0.29, 0.717) is 0 Å². The van der Waals surface area contributed by atoms with Crippen LogP contribution in [0, 0.1) is 0 Å². The van der Waals surface area contributed by atoms with Gasteiger partial charge >= 0.3 is 0 Å². The summed E-state index contributed by atoms with van der Waals surface area (Å²) in [6.07, 6.45) is 11.4. The van der Waals surface area contributed by atoms with Crippen molar-refractivity contribution in [2.75, 3.05) is 0 Å². The first-order valence-corrected chi connectivity index (χ1v) is 5.96. The van der Waals surface area contributed by atoms with Gasteiger partial charge in [0.2, 0.25) is 0 Å². The lowest BCUT2D eigenvalue weighted by molar-refractivity contribution is -0.104. The zero-order chi connectivity index (χ0) is 12.4. The van der Waals surface area contributed by atoms with E-state index in [1.165, 1.54) is 11.1 Å². The third-order valence-electron chi connectivity index (χ3n) is 2.48. The number of aldehydes is 1. The van der Waals surface area contributed by atoms with Gasteiger partial charge in [0.1, 0.15) is 6.29 Å². The third-order valence-corrected chi connectivity index (χ3v) is 2.48. The van der Waals surface area contributed by atoms with Crippen LogP contribution in [0.15, 0.2) is 34.9 Å². The fraction of sp³-hybridized carbons (Fsp3) is 0.533. The van der Waals surface area contributed by atoms with Crippen LogP contribution in [0.3, 0.4) is 0 Å². The quantitative estimate of drug-likeness (QED) is 0.348. The van der Waals surface area contributed by atoms with Crippen molar-refractivity contribution in [2.45, 2.75) is 53.4 Å². The second kappa shape index (κ2) is 9.14. The maximum Gasteiger partial charge on any atom is 0.142 e. The summed E-state index contributed by atoms with van der Waals surface area (Å²) in [7, 11) is 0. The van der Waals surface area contributed by atoms with Crippen molar-refractivity contribution in [3.63, 3.8) is 0 Å². The predicted octanol–water partition coefficient (Wildman–Crippen LogP) is 4.60. The molecule has 90 valence electrons. The molecule has 0 bridgehead atoms. The maximum atomic E-state index is 10.2. The van der Waals surface area contributed by atoms with E-state index < -0.39 is 0 Å². The molecule has 0 saturated heterocycles. The number of rotatable bonds is 7. The molecular formula is C15H24O. The first-order valence-electron chi connectivity index (χ1n) is 5.96. The van der Waals surface area contributed by atoms with Crippen molar-refractivity contribution in [1.29, 1.82) is 0 Å². The molecule has 0 saturated carbocycles. The zero-order valence-electron chi connectivity index (χ0n) is 11.0. The van der Waals surface area contributed by atoms with Crippen LogP contribution >= 0.6 is 0 Å². The van der Waals surface area contributed by atoms with E-state index in [-0.39, 0.29) is 0 Å². The van der Waals surface area contributed by atoms with Crippen LogP contribution in [0.2, 0.25) is 0 Å². The van der Waals surface area contributed by atoms with Crippen LogP contribution in [0.25, 0.3) is 0 Å². The zero-order valence-corrected chi connectivity index (χ0v) is 11.0. The first kappa shape index (κ1) is 14.9. The van der Waals surface area contributed by atoms with Crippen molar-refractivity contribution >= 4 is 6.29 Å². The fourth-order valence-corrected chi connectivity index (χ4v) is 1.44. The Bertz CT molecular complexity index is 289. The van der Waals surface area contributed by atoms with Gasteiger partial charge in [-0.15, -0.1) is 0 Å². The minimum atomic E-state index is 0.862. The van der Waals surface area contributed by atoms with Gasteiger partial charge in [-0.3, -0.25) is 4.79 Å². The Balaban J connectivity index is 3.83. The molecule has 0 aliphatic carbocycles. The molecule has 16 heavy (non-hydrogen) atoms. The monoisotopic (exact) mass is 220 g/mol. The molecule has 0 amide bonds. The topological polar surface area (TPSA) is 17.1 Å². The van der Waals surface area contributed by atoms with Gasteiger partial charge in [-0.25, -0.2) is 0 Å². The molecule has 0 heterocycles. The normalized spacial score (nSPS) is 12.5. The summed E-state index contributed by atoms with van der Waals surface area (Å²) in [4.78, 5) is 10.2. The summed E-state index contributed by atoms with van der Waals surface area (Å²) in [5, 5.41) is 0. The van der Waals surface area contributed by atoms with Crippen molar-refractivity contribution in [1.82, 2.24) is 0 Å². The summed E-state index contributed by atoms with van der Waals surface area (Å²) in [5.74, 6) is 0. The summed E-state index contributed by atoms with van der Waals surface area (Å²) < 4.78 is 0. The van der Waals surface area contributed by atoms with Crippen LogP contribution < -0.4 is 0 Å². The minimum absolute atomic E-state index is 0.862. The third kappa shape index (κ3) is 9.45. The number of carbonyl (C=O) groups is 1. The smallest absolute Gasteiger partial charge is 0.142 e. The van der Waals surface area contributed by atoms with E-state index in [4.69, 9.17) is 0 Å². The van der Waals surface area contributed by atoms with Gasteiger partial charge < -0.3 is 0 Å². The highest BCUT2D eigenvalue weighted by Crippen LogP contribution is 2.10. The van der Waals surface area contributed by atoms with Gasteiger partial charge in [0.05, 0.1) is 0 Å². The lowest BCUT2D eigenvalue weighted by atomic mass is 10.1. The molecule has 0 unspecified atom stereocenters. The van der Waals surface area contributed by atoms with Crippen LogP contribution in [0.5, 0.6) is 0 Å². The highest BCUT2D eigenvalue weighted by molar-refractivity contribution is 5.65. The summed E-state index contributed by atoms with van der Waals surface area (Å²) >= 11 is 0. The number of hydrogen-bond donors (Lipinski definition) is 0. The Morgan fingerprint density at radius 1 is 0.875 bits per heavy atom. The van der Waals surface area contributed by atoms with Gasteiger partial charge in [-0.05, 0) is 59.5 Å². The van der Waals surface area contributed by atoms with Crippen LogP contribution in [0.4, 0.5) is 0 Å². The van der Waals surface area contributed by atoms with Gasteiger partial charge in [-0.1, -0.05) is 28.9 Å². The lowest BCUT2D eigenvalue weighted by Gasteiger charge is -2.00. The Morgan fingerprint density at radius 2 is 1.44 bits per heavy atom. The van der Waals surface area contributed by atoms with Gasteiger partial charge in [0, 0.05) is 0 Å². The van der Waals surface area contributed by atoms with E-state index in [2.05, 4.69) is 32.9 Å². The molecule has 0 radical (unpaired) electrons. The van der Waals surface area contributed by atoms with Crippen LogP contribution in [-0.4, -0.2) is 6.29 Å². The average molecular weight is 220 g/mol. The molecule has 0 aromatic rings. The average Bonchev–Trinajstić information content (AvgIpc) is 2.17. The standard InChI is InChI=1S/C15H24O/c1-13(2)7-5-8-14(3)9-6-10-15(4)11-12-16/h7,9,11-12H,5-6,8,10H2,1-4H3/b14-9-,15-11?. The molecule has 0 N–H and O–H groups in total. The second-order valence-electron chi connectivity index (χ2n) is 4.56. The van der Waals surface area contributed by atoms with Crippen LogP contribution in [0.1, 0.15) is 53.4 Å². The molecule has 0 aliphatic rings. The molecule has 0 fully saturated rings. The number of hydrogen-bond acceptors (Lipinski definition) is 1. The van der Waals surface area contributed by atoms with E-state index in [9.17, 15) is 4.79 Å². The predicted molar refractivity (Wildman–Crippen MR) is 71.5 cm³/mol. The molecular weight excluding hydrogens is 196 g/mol. The Kier molecular flexibility index (Phi) is 8.51. The highest BCUT2D eigenvalue weighted by atomic mass is 16.1. The summed E-state index contributed by atoms with van der Waals surface area (Å²) in [6, 6.07) is 0. The van der Waals surface area contributed by atoms with Crippen molar-refractivity contribution < 1.29 is 4.79 Å². The molecule has 0 atom stereocenters. The molecule has 0 rings (SSSR count). The van der Waals surface area contributed by atoms with Gasteiger partial charge in [-0.2, -0.15) is 0 Å². The van der Waals surface area contributed by atoms with Crippen molar-refractivity contribution in [3.05, 3.63) is 34.9 Å². The molecule has 1 heteroatoms. The molecule has 0 aliphatic heterocycles. The van der Waals surface area contributed by atoms with E-state index in [1.54, 1.807) is 6.08 Å². The van der Waals surface area contributed by atoms with Gasteiger partial charge in [0.25, 0.3) is 0 Å². The largest absolute Gasteiger partial charge is 0.299 e.